The van der Waals surface area contributed by atoms with E-state index in [1.165, 1.54) is 21.9 Å². The number of hydrogen-bond acceptors (Lipinski definition) is 2. The molecule has 0 aliphatic rings. The molecule has 0 saturated carbocycles. The Balaban J connectivity index is 2.08. The topological polar surface area (TPSA) is 21.3 Å². The van der Waals surface area contributed by atoms with Gasteiger partial charge >= 0.3 is 0 Å². The van der Waals surface area contributed by atoms with Crippen molar-refractivity contribution in [3.63, 3.8) is 0 Å². The lowest BCUT2D eigenvalue weighted by molar-refractivity contribution is 0.415. The minimum absolute atomic E-state index is 0.891. The molecule has 0 heterocycles. The molecule has 3 aromatic rings. The molecule has 2 heteroatoms. The van der Waals surface area contributed by atoms with E-state index in [1.54, 1.807) is 7.11 Å². The molecule has 20 heavy (non-hydrogen) atoms. The van der Waals surface area contributed by atoms with Gasteiger partial charge in [-0.05, 0) is 52.2 Å². The minimum atomic E-state index is 0.891. The highest BCUT2D eigenvalue weighted by Crippen LogP contribution is 2.28. The summed E-state index contributed by atoms with van der Waals surface area (Å²) in [5.74, 6) is 0.891. The summed E-state index contributed by atoms with van der Waals surface area (Å²) >= 11 is 0. The van der Waals surface area contributed by atoms with E-state index in [0.29, 0.717) is 0 Å². The van der Waals surface area contributed by atoms with E-state index in [4.69, 9.17) is 4.74 Å². The second kappa shape index (κ2) is 5.25. The van der Waals surface area contributed by atoms with Crippen molar-refractivity contribution in [2.24, 2.45) is 0 Å². The van der Waals surface area contributed by atoms with Gasteiger partial charge in [-0.1, -0.05) is 30.3 Å². The minimum Gasteiger partial charge on any atom is -0.497 e. The highest BCUT2D eigenvalue weighted by Gasteiger charge is 2.02. The van der Waals surface area contributed by atoms with Crippen LogP contribution in [0.1, 0.15) is 0 Å². The van der Waals surface area contributed by atoms with Gasteiger partial charge in [0.1, 0.15) is 5.75 Å². The summed E-state index contributed by atoms with van der Waals surface area (Å²) in [5.41, 5.74) is 3.56. The quantitative estimate of drug-likeness (QED) is 0.748. The molecule has 0 bridgehead atoms. The summed E-state index contributed by atoms with van der Waals surface area (Å²) in [6, 6.07) is 21.1. The molecule has 0 aliphatic heterocycles. The first-order valence-corrected chi connectivity index (χ1v) is 6.66. The summed E-state index contributed by atoms with van der Waals surface area (Å²) in [4.78, 5) is 0. The van der Waals surface area contributed by atoms with Crippen LogP contribution >= 0.6 is 0 Å². The molecule has 3 rings (SSSR count). The molecule has 100 valence electrons. The van der Waals surface area contributed by atoms with Crippen molar-refractivity contribution in [1.29, 1.82) is 0 Å². The third kappa shape index (κ3) is 2.32. The van der Waals surface area contributed by atoms with Crippen molar-refractivity contribution in [2.75, 3.05) is 19.5 Å². The molecule has 0 fully saturated rings. The van der Waals surface area contributed by atoms with Crippen LogP contribution in [-0.2, 0) is 0 Å². The number of ether oxygens (including phenoxy) is 1. The number of rotatable bonds is 3. The number of fused-ring (bicyclic) bond motifs is 1. The lowest BCUT2D eigenvalue weighted by Gasteiger charge is -2.07. The lowest BCUT2D eigenvalue weighted by Crippen LogP contribution is -1.88. The van der Waals surface area contributed by atoms with Crippen molar-refractivity contribution in [1.82, 2.24) is 0 Å². The highest BCUT2D eigenvalue weighted by atomic mass is 16.5. The molecule has 0 saturated heterocycles. The standard InChI is InChI=1S/C18H17NO/c1-19-17-5-3-4-13(11-17)14-6-7-16-12-18(20-2)9-8-15(16)10-14/h3-12,19H,1-2H3. The number of hydrogen-bond donors (Lipinski definition) is 1. The van der Waals surface area contributed by atoms with Crippen LogP contribution in [-0.4, -0.2) is 14.2 Å². The summed E-state index contributed by atoms with van der Waals surface area (Å²) in [7, 11) is 3.63. The molecular weight excluding hydrogens is 246 g/mol. The Hall–Kier alpha value is -2.48. The molecule has 0 aromatic heterocycles. The SMILES string of the molecule is CNc1cccc(-c2ccc3cc(OC)ccc3c2)c1. The smallest absolute Gasteiger partial charge is 0.119 e. The Morgan fingerprint density at radius 2 is 1.55 bits per heavy atom. The van der Waals surface area contributed by atoms with Gasteiger partial charge < -0.3 is 10.1 Å². The van der Waals surface area contributed by atoms with Gasteiger partial charge in [-0.3, -0.25) is 0 Å². The third-order valence-corrected chi connectivity index (χ3v) is 3.53. The van der Waals surface area contributed by atoms with Crippen LogP contribution < -0.4 is 10.1 Å². The molecule has 0 aliphatic carbocycles. The average Bonchev–Trinajstić information content (AvgIpc) is 2.54. The van der Waals surface area contributed by atoms with E-state index in [1.807, 2.05) is 13.1 Å². The fourth-order valence-corrected chi connectivity index (χ4v) is 2.38. The van der Waals surface area contributed by atoms with E-state index in [9.17, 15) is 0 Å². The van der Waals surface area contributed by atoms with Gasteiger partial charge in [-0.15, -0.1) is 0 Å². The summed E-state index contributed by atoms with van der Waals surface area (Å²) < 4.78 is 5.26. The van der Waals surface area contributed by atoms with E-state index in [0.717, 1.165) is 11.4 Å². The molecule has 0 radical (unpaired) electrons. The lowest BCUT2D eigenvalue weighted by atomic mass is 10.0. The molecule has 0 unspecified atom stereocenters. The van der Waals surface area contributed by atoms with Crippen molar-refractivity contribution < 1.29 is 4.74 Å². The Labute approximate surface area is 119 Å². The Bertz CT molecular complexity index is 749. The maximum Gasteiger partial charge on any atom is 0.119 e. The number of benzene rings is 3. The van der Waals surface area contributed by atoms with E-state index >= 15 is 0 Å². The summed E-state index contributed by atoms with van der Waals surface area (Å²) in [5, 5.41) is 5.59. The first kappa shape index (κ1) is 12.5. The Morgan fingerprint density at radius 1 is 0.800 bits per heavy atom. The fraction of sp³-hybridized carbons (Fsp3) is 0.111. The van der Waals surface area contributed by atoms with Crippen LogP contribution in [0.2, 0.25) is 0 Å². The van der Waals surface area contributed by atoms with E-state index < -0.39 is 0 Å². The van der Waals surface area contributed by atoms with Crippen LogP contribution in [0.15, 0.2) is 60.7 Å². The van der Waals surface area contributed by atoms with Gasteiger partial charge in [0.15, 0.2) is 0 Å². The predicted octanol–water partition coefficient (Wildman–Crippen LogP) is 4.56. The van der Waals surface area contributed by atoms with Gasteiger partial charge in [-0.25, -0.2) is 0 Å². The normalized spacial score (nSPS) is 10.5. The van der Waals surface area contributed by atoms with Crippen LogP contribution in [0.25, 0.3) is 21.9 Å². The second-order valence-corrected chi connectivity index (χ2v) is 4.76. The van der Waals surface area contributed by atoms with Crippen molar-refractivity contribution >= 4 is 16.5 Å². The monoisotopic (exact) mass is 263 g/mol. The zero-order valence-corrected chi connectivity index (χ0v) is 11.7. The van der Waals surface area contributed by atoms with Gasteiger partial charge in [-0.2, -0.15) is 0 Å². The third-order valence-electron chi connectivity index (χ3n) is 3.53. The molecule has 0 atom stereocenters. The summed E-state index contributed by atoms with van der Waals surface area (Å²) in [6.45, 7) is 0. The van der Waals surface area contributed by atoms with Crippen LogP contribution in [0.3, 0.4) is 0 Å². The summed E-state index contributed by atoms with van der Waals surface area (Å²) in [6.07, 6.45) is 0. The zero-order chi connectivity index (χ0) is 13.9. The van der Waals surface area contributed by atoms with Gasteiger partial charge in [0, 0.05) is 12.7 Å². The number of methoxy groups -OCH3 is 1. The first-order valence-electron chi connectivity index (χ1n) is 6.66. The van der Waals surface area contributed by atoms with Crippen LogP contribution in [0.4, 0.5) is 5.69 Å². The molecular formula is C18H17NO. The molecule has 0 amide bonds. The van der Waals surface area contributed by atoms with Crippen molar-refractivity contribution in [2.45, 2.75) is 0 Å². The second-order valence-electron chi connectivity index (χ2n) is 4.76. The van der Waals surface area contributed by atoms with Gasteiger partial charge in [0.25, 0.3) is 0 Å². The highest BCUT2D eigenvalue weighted by molar-refractivity contribution is 5.88. The predicted molar refractivity (Wildman–Crippen MR) is 85.5 cm³/mol. The van der Waals surface area contributed by atoms with Crippen molar-refractivity contribution in [3.8, 4) is 16.9 Å². The number of anilines is 1. The molecule has 2 nitrogen and oxygen atoms in total. The fourth-order valence-electron chi connectivity index (χ4n) is 2.38. The molecule has 1 N–H and O–H groups in total. The van der Waals surface area contributed by atoms with E-state index in [2.05, 4.69) is 59.9 Å². The maximum absolute atomic E-state index is 5.26. The molecule has 0 spiro atoms. The van der Waals surface area contributed by atoms with Gasteiger partial charge in [0.05, 0.1) is 7.11 Å². The average molecular weight is 263 g/mol. The van der Waals surface area contributed by atoms with Gasteiger partial charge in [0.2, 0.25) is 0 Å². The molecule has 3 aromatic carbocycles. The van der Waals surface area contributed by atoms with E-state index in [-0.39, 0.29) is 0 Å². The number of nitrogens with one attached hydrogen (secondary N) is 1. The van der Waals surface area contributed by atoms with Crippen LogP contribution in [0, 0.1) is 0 Å². The maximum atomic E-state index is 5.26. The zero-order valence-electron chi connectivity index (χ0n) is 11.7. The first-order chi connectivity index (χ1) is 9.80. The largest absolute Gasteiger partial charge is 0.497 e. The van der Waals surface area contributed by atoms with Crippen LogP contribution in [0.5, 0.6) is 5.75 Å². The Morgan fingerprint density at radius 3 is 2.35 bits per heavy atom. The Kier molecular flexibility index (Phi) is 3.30. The van der Waals surface area contributed by atoms with Crippen molar-refractivity contribution in [3.05, 3.63) is 60.7 Å².